The van der Waals surface area contributed by atoms with Gasteiger partial charge >= 0.3 is 0 Å². The zero-order chi connectivity index (χ0) is 14.9. The molecule has 0 spiro atoms. The Morgan fingerprint density at radius 3 is 2.45 bits per heavy atom. The van der Waals surface area contributed by atoms with E-state index < -0.39 is 10.2 Å². The van der Waals surface area contributed by atoms with Crippen molar-refractivity contribution >= 4 is 21.8 Å². The van der Waals surface area contributed by atoms with E-state index in [4.69, 9.17) is 10.9 Å². The zero-order valence-corrected chi connectivity index (χ0v) is 12.0. The zero-order valence-electron chi connectivity index (χ0n) is 11.2. The Balaban J connectivity index is 2.11. The number of hydrogen-bond donors (Lipinski definition) is 2. The van der Waals surface area contributed by atoms with Crippen LogP contribution in [0.25, 0.3) is 0 Å². The molecular weight excluding hydrogens is 284 g/mol. The molecule has 4 N–H and O–H groups in total. The average molecular weight is 302 g/mol. The lowest BCUT2D eigenvalue weighted by Crippen LogP contribution is -2.52. The topological polar surface area (TPSA) is 128 Å². The molecule has 10 heteroatoms. The second-order valence-electron chi connectivity index (χ2n) is 4.50. The van der Waals surface area contributed by atoms with Gasteiger partial charge in [-0.2, -0.15) is 17.8 Å². The molecule has 0 bridgehead atoms. The molecule has 0 atom stereocenters. The Morgan fingerprint density at radius 2 is 1.95 bits per heavy atom. The minimum absolute atomic E-state index is 0.185. The number of rotatable bonds is 3. The molecule has 1 amide bonds. The molecule has 1 aliphatic rings. The van der Waals surface area contributed by atoms with Crippen molar-refractivity contribution in [2.24, 2.45) is 5.14 Å². The Morgan fingerprint density at radius 1 is 1.35 bits per heavy atom. The molecule has 1 saturated heterocycles. The number of carbonyl (C=O) groups excluding carboxylic acids is 1. The van der Waals surface area contributed by atoms with E-state index in [1.54, 1.807) is 4.90 Å². The van der Waals surface area contributed by atoms with Crippen molar-refractivity contribution in [2.45, 2.75) is 13.5 Å². The lowest BCUT2D eigenvalue weighted by molar-refractivity contribution is 0.0686. The molecule has 1 fully saturated rings. The van der Waals surface area contributed by atoms with Crippen molar-refractivity contribution in [2.75, 3.05) is 31.9 Å². The van der Waals surface area contributed by atoms with Crippen LogP contribution in [0.2, 0.25) is 0 Å². The second kappa shape index (κ2) is 5.38. The van der Waals surface area contributed by atoms with Gasteiger partial charge in [-0.1, -0.05) is 0 Å². The van der Waals surface area contributed by atoms with Crippen LogP contribution in [0.3, 0.4) is 0 Å². The third-order valence-electron chi connectivity index (χ3n) is 3.26. The minimum atomic E-state index is -3.70. The summed E-state index contributed by atoms with van der Waals surface area (Å²) in [6.07, 6.45) is 1.44. The van der Waals surface area contributed by atoms with E-state index in [0.29, 0.717) is 17.9 Å². The van der Waals surface area contributed by atoms with Crippen molar-refractivity contribution < 1.29 is 13.2 Å². The number of nitrogens with zero attached hydrogens (tertiary/aromatic N) is 4. The quantitative estimate of drug-likeness (QED) is 0.698. The lowest BCUT2D eigenvalue weighted by Gasteiger charge is -2.33. The van der Waals surface area contributed by atoms with E-state index in [0.717, 1.165) is 4.31 Å². The average Bonchev–Trinajstić information content (AvgIpc) is 2.78. The predicted molar refractivity (Wildman–Crippen MR) is 72.9 cm³/mol. The van der Waals surface area contributed by atoms with Crippen LogP contribution >= 0.6 is 0 Å². The third-order valence-corrected chi connectivity index (χ3v) is 4.34. The Labute approximate surface area is 117 Å². The molecule has 0 saturated carbocycles. The van der Waals surface area contributed by atoms with E-state index in [-0.39, 0.29) is 32.1 Å². The van der Waals surface area contributed by atoms with Crippen molar-refractivity contribution in [1.29, 1.82) is 0 Å². The summed E-state index contributed by atoms with van der Waals surface area (Å²) in [5, 5.41) is 9.08. The highest BCUT2D eigenvalue weighted by Crippen LogP contribution is 2.15. The summed E-state index contributed by atoms with van der Waals surface area (Å²) in [4.78, 5) is 14.0. The molecule has 1 aliphatic heterocycles. The van der Waals surface area contributed by atoms with Crippen molar-refractivity contribution in [3.05, 3.63) is 11.9 Å². The number of carbonyl (C=O) groups is 1. The van der Waals surface area contributed by atoms with Gasteiger partial charge in [0.2, 0.25) is 0 Å². The molecule has 0 aromatic carbocycles. The highest BCUT2D eigenvalue weighted by Gasteiger charge is 2.29. The number of hydrogen-bond acceptors (Lipinski definition) is 5. The van der Waals surface area contributed by atoms with Gasteiger partial charge in [-0.05, 0) is 6.92 Å². The van der Waals surface area contributed by atoms with Gasteiger partial charge < -0.3 is 10.6 Å². The fraction of sp³-hybridized carbons (Fsp3) is 0.600. The maximum absolute atomic E-state index is 12.4. The maximum Gasteiger partial charge on any atom is 0.277 e. The first kappa shape index (κ1) is 14.8. The van der Waals surface area contributed by atoms with Crippen molar-refractivity contribution in [3.8, 4) is 0 Å². The summed E-state index contributed by atoms with van der Waals surface area (Å²) < 4.78 is 25.1. The summed E-state index contributed by atoms with van der Waals surface area (Å²) in [6, 6.07) is 0. The highest BCUT2D eigenvalue weighted by molar-refractivity contribution is 7.86. The number of nitrogen functional groups attached to an aromatic ring is 1. The lowest BCUT2D eigenvalue weighted by atomic mass is 10.2. The minimum Gasteiger partial charge on any atom is -0.396 e. The van der Waals surface area contributed by atoms with Gasteiger partial charge in [0, 0.05) is 32.7 Å². The summed E-state index contributed by atoms with van der Waals surface area (Å²) in [5.74, 6) is -0.240. The van der Waals surface area contributed by atoms with Crippen LogP contribution in [-0.2, 0) is 16.8 Å². The molecular formula is C10H18N6O3S. The summed E-state index contributed by atoms with van der Waals surface area (Å²) >= 11 is 0. The molecule has 9 nitrogen and oxygen atoms in total. The number of aryl methyl sites for hydroxylation is 1. The first-order valence-electron chi connectivity index (χ1n) is 6.23. The highest BCUT2D eigenvalue weighted by atomic mass is 32.2. The van der Waals surface area contributed by atoms with Crippen LogP contribution < -0.4 is 10.9 Å². The molecule has 1 aromatic heterocycles. The Bertz CT molecular complexity index is 603. The molecule has 112 valence electrons. The number of anilines is 1. The largest absolute Gasteiger partial charge is 0.396 e. The first-order valence-corrected chi connectivity index (χ1v) is 7.73. The second-order valence-corrected chi connectivity index (χ2v) is 6.05. The van der Waals surface area contributed by atoms with Crippen LogP contribution in [0.15, 0.2) is 6.20 Å². The molecule has 1 aromatic rings. The molecule has 0 unspecified atom stereocenters. The van der Waals surface area contributed by atoms with Gasteiger partial charge in [0.05, 0.1) is 11.9 Å². The van der Waals surface area contributed by atoms with E-state index in [1.165, 1.54) is 10.9 Å². The van der Waals surface area contributed by atoms with Crippen molar-refractivity contribution in [3.63, 3.8) is 0 Å². The van der Waals surface area contributed by atoms with Gasteiger partial charge in [0.15, 0.2) is 0 Å². The Kier molecular flexibility index (Phi) is 3.97. The number of aromatic nitrogens is 2. The van der Waals surface area contributed by atoms with Crippen LogP contribution in [0, 0.1) is 0 Å². The molecule has 2 rings (SSSR count). The third kappa shape index (κ3) is 2.76. The number of piperazine rings is 1. The summed E-state index contributed by atoms with van der Waals surface area (Å²) in [7, 11) is -3.70. The predicted octanol–water partition coefficient (Wildman–Crippen LogP) is -1.55. The fourth-order valence-electron chi connectivity index (χ4n) is 2.17. The maximum atomic E-state index is 12.4. The molecule has 0 aliphatic carbocycles. The number of nitrogens with two attached hydrogens (primary N) is 2. The molecule has 0 radical (unpaired) electrons. The van der Waals surface area contributed by atoms with Gasteiger partial charge in [0.25, 0.3) is 16.1 Å². The Hall–Kier alpha value is -1.65. The van der Waals surface area contributed by atoms with E-state index in [1.807, 2.05) is 6.92 Å². The fourth-order valence-corrected chi connectivity index (χ4v) is 2.84. The van der Waals surface area contributed by atoms with Crippen molar-refractivity contribution in [1.82, 2.24) is 19.0 Å². The van der Waals surface area contributed by atoms with E-state index in [9.17, 15) is 13.2 Å². The van der Waals surface area contributed by atoms with Gasteiger partial charge in [0.1, 0.15) is 5.69 Å². The number of amides is 1. The molecule has 2 heterocycles. The normalized spacial score (nSPS) is 17.4. The van der Waals surface area contributed by atoms with Gasteiger partial charge in [-0.25, -0.2) is 5.14 Å². The van der Waals surface area contributed by atoms with Crippen LogP contribution in [0.1, 0.15) is 17.4 Å². The van der Waals surface area contributed by atoms with Gasteiger partial charge in [-0.15, -0.1) is 0 Å². The van der Waals surface area contributed by atoms with E-state index in [2.05, 4.69) is 5.10 Å². The van der Waals surface area contributed by atoms with E-state index >= 15 is 0 Å². The van der Waals surface area contributed by atoms with Crippen LogP contribution in [0.5, 0.6) is 0 Å². The summed E-state index contributed by atoms with van der Waals surface area (Å²) in [6.45, 7) is 3.33. The van der Waals surface area contributed by atoms with Crippen LogP contribution in [0.4, 0.5) is 5.69 Å². The molecule has 20 heavy (non-hydrogen) atoms. The SMILES string of the molecule is CCn1ncc(N)c1C(=O)N1CCN(S(N)(=O)=O)CC1. The van der Waals surface area contributed by atoms with Gasteiger partial charge in [-0.3, -0.25) is 9.48 Å². The van der Waals surface area contributed by atoms with Crippen LogP contribution in [-0.4, -0.2) is 59.5 Å². The smallest absolute Gasteiger partial charge is 0.277 e. The standard InChI is InChI=1S/C10H18N6O3S/c1-2-16-9(8(11)7-13-16)10(17)14-3-5-15(6-4-14)20(12,18)19/h7H,2-6,11H2,1H3,(H2,12,18,19). The monoisotopic (exact) mass is 302 g/mol. The first-order chi connectivity index (χ1) is 9.34. The summed E-state index contributed by atoms with van der Waals surface area (Å²) in [5.41, 5.74) is 6.43.